The smallest absolute Gasteiger partial charge is 0.225 e. The first-order chi connectivity index (χ1) is 12.7. The molecule has 1 aromatic heterocycles. The lowest BCUT2D eigenvalue weighted by molar-refractivity contribution is -0.128. The van der Waals surface area contributed by atoms with E-state index in [9.17, 15) is 4.79 Å². The lowest BCUT2D eigenvalue weighted by atomic mass is 9.96. The van der Waals surface area contributed by atoms with Gasteiger partial charge in [-0.05, 0) is 13.3 Å². The highest BCUT2D eigenvalue weighted by atomic mass is 16.2. The van der Waals surface area contributed by atoms with E-state index in [1.807, 2.05) is 32.4 Å². The molecule has 0 bridgehead atoms. The summed E-state index contributed by atoms with van der Waals surface area (Å²) >= 11 is 0. The van der Waals surface area contributed by atoms with Crippen LogP contribution in [0.4, 0.5) is 0 Å². The monoisotopic (exact) mass is 377 g/mol. The van der Waals surface area contributed by atoms with Crippen LogP contribution < -0.4 is 16.0 Å². The van der Waals surface area contributed by atoms with Gasteiger partial charge in [0.25, 0.3) is 0 Å². The Labute approximate surface area is 162 Å². The van der Waals surface area contributed by atoms with Crippen LogP contribution in [0.15, 0.2) is 4.99 Å². The summed E-state index contributed by atoms with van der Waals surface area (Å²) in [5.74, 6) is 3.16. The second-order valence-electron chi connectivity index (χ2n) is 8.37. The molecule has 0 aromatic carbocycles. The Balaban J connectivity index is 1.88. The van der Waals surface area contributed by atoms with Crippen molar-refractivity contribution in [3.05, 3.63) is 11.6 Å². The number of nitrogens with zero attached hydrogens (tertiary/aromatic N) is 4. The standard InChI is InChI=1S/C19H35N7O/c1-7-20-18(22-11-10-21-17(27)19(4,5)6)23-14-8-9-15-24-16(13(2)3)25-26(15)12-14/h13-14H,7-12H2,1-6H3,(H,21,27)(H2,20,22,23). The van der Waals surface area contributed by atoms with Crippen LogP contribution in [0.3, 0.4) is 0 Å². The first-order valence-corrected chi connectivity index (χ1v) is 9.97. The third-order valence-corrected chi connectivity index (χ3v) is 4.42. The van der Waals surface area contributed by atoms with Crippen LogP contribution in [0.5, 0.6) is 0 Å². The van der Waals surface area contributed by atoms with Crippen LogP contribution >= 0.6 is 0 Å². The van der Waals surface area contributed by atoms with Gasteiger partial charge < -0.3 is 16.0 Å². The molecule has 1 amide bonds. The molecule has 0 radical (unpaired) electrons. The maximum atomic E-state index is 11.9. The van der Waals surface area contributed by atoms with E-state index in [1.54, 1.807) is 0 Å². The molecular weight excluding hydrogens is 342 g/mol. The minimum atomic E-state index is -0.376. The molecule has 1 atom stereocenters. The number of rotatable bonds is 6. The molecule has 27 heavy (non-hydrogen) atoms. The van der Waals surface area contributed by atoms with Crippen LogP contribution in [0, 0.1) is 5.41 Å². The van der Waals surface area contributed by atoms with Crippen LogP contribution in [-0.4, -0.2) is 52.3 Å². The number of amides is 1. The van der Waals surface area contributed by atoms with Gasteiger partial charge in [0.15, 0.2) is 11.8 Å². The molecule has 0 spiro atoms. The number of aryl methyl sites for hydroxylation is 1. The zero-order valence-corrected chi connectivity index (χ0v) is 17.6. The first kappa shape index (κ1) is 21.2. The van der Waals surface area contributed by atoms with Crippen molar-refractivity contribution >= 4 is 11.9 Å². The van der Waals surface area contributed by atoms with E-state index in [0.29, 0.717) is 19.0 Å². The van der Waals surface area contributed by atoms with E-state index in [0.717, 1.165) is 43.5 Å². The third kappa shape index (κ3) is 6.22. The topological polar surface area (TPSA) is 96.2 Å². The number of aliphatic imine (C=N–C) groups is 1. The van der Waals surface area contributed by atoms with Crippen LogP contribution in [0.2, 0.25) is 0 Å². The van der Waals surface area contributed by atoms with Gasteiger partial charge in [0, 0.05) is 36.9 Å². The van der Waals surface area contributed by atoms with Crippen molar-refractivity contribution in [2.75, 3.05) is 19.6 Å². The highest BCUT2D eigenvalue weighted by Gasteiger charge is 2.23. The fraction of sp³-hybridized carbons (Fsp3) is 0.789. The third-order valence-electron chi connectivity index (χ3n) is 4.42. The number of hydrogen-bond donors (Lipinski definition) is 3. The van der Waals surface area contributed by atoms with Crippen molar-refractivity contribution in [2.45, 2.75) is 72.9 Å². The Morgan fingerprint density at radius 2 is 2.07 bits per heavy atom. The van der Waals surface area contributed by atoms with E-state index < -0.39 is 0 Å². The van der Waals surface area contributed by atoms with E-state index >= 15 is 0 Å². The fourth-order valence-corrected chi connectivity index (χ4v) is 2.81. The minimum Gasteiger partial charge on any atom is -0.357 e. The van der Waals surface area contributed by atoms with Gasteiger partial charge in [0.2, 0.25) is 5.91 Å². The van der Waals surface area contributed by atoms with Crippen molar-refractivity contribution < 1.29 is 4.79 Å². The molecule has 1 aliphatic heterocycles. The zero-order chi connectivity index (χ0) is 20.0. The summed E-state index contributed by atoms with van der Waals surface area (Å²) < 4.78 is 2.02. The number of hydrogen-bond acceptors (Lipinski definition) is 4. The predicted molar refractivity (Wildman–Crippen MR) is 108 cm³/mol. The molecule has 3 N–H and O–H groups in total. The lowest BCUT2D eigenvalue weighted by Crippen LogP contribution is -2.47. The van der Waals surface area contributed by atoms with Gasteiger partial charge in [-0.15, -0.1) is 0 Å². The molecule has 1 unspecified atom stereocenters. The van der Waals surface area contributed by atoms with Gasteiger partial charge in [-0.1, -0.05) is 34.6 Å². The SMILES string of the molecule is CCNC(=NCCNC(=O)C(C)(C)C)NC1CCc2nc(C(C)C)nn2C1. The molecule has 8 nitrogen and oxygen atoms in total. The van der Waals surface area contributed by atoms with Crippen LogP contribution in [0.25, 0.3) is 0 Å². The van der Waals surface area contributed by atoms with Crippen LogP contribution in [-0.2, 0) is 17.8 Å². The zero-order valence-electron chi connectivity index (χ0n) is 17.6. The van der Waals surface area contributed by atoms with E-state index in [4.69, 9.17) is 0 Å². The number of carbonyl (C=O) groups is 1. The maximum Gasteiger partial charge on any atom is 0.225 e. The highest BCUT2D eigenvalue weighted by molar-refractivity contribution is 5.81. The van der Waals surface area contributed by atoms with Gasteiger partial charge in [0.05, 0.1) is 13.1 Å². The summed E-state index contributed by atoms with van der Waals surface area (Å²) in [5, 5.41) is 14.3. The number of fused-ring (bicyclic) bond motifs is 1. The number of guanidine groups is 1. The second kappa shape index (κ2) is 9.19. The summed E-state index contributed by atoms with van der Waals surface area (Å²) in [4.78, 5) is 21.1. The van der Waals surface area contributed by atoms with Gasteiger partial charge >= 0.3 is 0 Å². The average molecular weight is 378 g/mol. The highest BCUT2D eigenvalue weighted by Crippen LogP contribution is 2.17. The summed E-state index contributed by atoms with van der Waals surface area (Å²) in [5.41, 5.74) is -0.376. The Kier molecular flexibility index (Phi) is 7.21. The van der Waals surface area contributed by atoms with Gasteiger partial charge in [-0.25, -0.2) is 9.67 Å². The molecule has 8 heteroatoms. The molecule has 1 aliphatic rings. The molecular formula is C19H35N7O. The first-order valence-electron chi connectivity index (χ1n) is 9.97. The van der Waals surface area contributed by atoms with Gasteiger partial charge in [-0.3, -0.25) is 9.79 Å². The molecule has 1 aromatic rings. The molecule has 0 saturated carbocycles. The minimum absolute atomic E-state index is 0.0441. The molecule has 0 saturated heterocycles. The van der Waals surface area contributed by atoms with Gasteiger partial charge in [0.1, 0.15) is 5.82 Å². The summed E-state index contributed by atoms with van der Waals surface area (Å²) in [6, 6.07) is 0.265. The summed E-state index contributed by atoms with van der Waals surface area (Å²) in [6.45, 7) is 14.6. The van der Waals surface area contributed by atoms with E-state index in [1.165, 1.54) is 0 Å². The normalized spacial score (nSPS) is 17.6. The number of aromatic nitrogens is 3. The van der Waals surface area contributed by atoms with Crippen molar-refractivity contribution in [2.24, 2.45) is 10.4 Å². The Morgan fingerprint density at radius 3 is 2.70 bits per heavy atom. The second-order valence-corrected chi connectivity index (χ2v) is 8.37. The van der Waals surface area contributed by atoms with E-state index in [2.05, 4.69) is 44.9 Å². The Bertz CT molecular complexity index is 658. The largest absolute Gasteiger partial charge is 0.357 e. The van der Waals surface area contributed by atoms with Gasteiger partial charge in [-0.2, -0.15) is 5.10 Å². The predicted octanol–water partition coefficient (Wildman–Crippen LogP) is 1.43. The molecule has 2 rings (SSSR count). The molecule has 152 valence electrons. The Morgan fingerprint density at radius 1 is 1.33 bits per heavy atom. The maximum absolute atomic E-state index is 11.9. The average Bonchev–Trinajstić information content (AvgIpc) is 3.01. The molecule has 0 fully saturated rings. The Hall–Kier alpha value is -2.12. The van der Waals surface area contributed by atoms with Crippen molar-refractivity contribution in [3.63, 3.8) is 0 Å². The summed E-state index contributed by atoms with van der Waals surface area (Å²) in [7, 11) is 0. The van der Waals surface area contributed by atoms with Crippen molar-refractivity contribution in [3.8, 4) is 0 Å². The molecule has 0 aliphatic carbocycles. The number of carbonyl (C=O) groups excluding carboxylic acids is 1. The van der Waals surface area contributed by atoms with Crippen molar-refractivity contribution in [1.82, 2.24) is 30.7 Å². The van der Waals surface area contributed by atoms with Crippen molar-refractivity contribution in [1.29, 1.82) is 0 Å². The summed E-state index contributed by atoms with van der Waals surface area (Å²) in [6.07, 6.45) is 1.92. The quantitative estimate of drug-likeness (QED) is 0.396. The van der Waals surface area contributed by atoms with Crippen LogP contribution in [0.1, 0.15) is 65.5 Å². The fourth-order valence-electron chi connectivity index (χ4n) is 2.81. The lowest BCUT2D eigenvalue weighted by Gasteiger charge is -2.25. The molecule has 2 heterocycles. The number of nitrogens with one attached hydrogen (secondary N) is 3. The van der Waals surface area contributed by atoms with E-state index in [-0.39, 0.29) is 17.4 Å².